The second kappa shape index (κ2) is 8.67. The molecule has 32 heavy (non-hydrogen) atoms. The van der Waals surface area contributed by atoms with Crippen LogP contribution < -0.4 is 10.0 Å². The minimum absolute atomic E-state index is 0.138. The van der Waals surface area contributed by atoms with Gasteiger partial charge in [-0.2, -0.15) is 4.31 Å². The van der Waals surface area contributed by atoms with Crippen LogP contribution in [-0.2, 0) is 29.6 Å². The van der Waals surface area contributed by atoms with Gasteiger partial charge in [-0.25, -0.2) is 26.9 Å². The predicted molar refractivity (Wildman–Crippen MR) is 119 cm³/mol. The first-order valence-corrected chi connectivity index (χ1v) is 14.0. The Labute approximate surface area is 190 Å². The highest BCUT2D eigenvalue weighted by Gasteiger charge is 2.49. The van der Waals surface area contributed by atoms with Crippen LogP contribution in [0.25, 0.3) is 0 Å². The van der Waals surface area contributed by atoms with Gasteiger partial charge in [0.05, 0.1) is 17.0 Å². The summed E-state index contributed by atoms with van der Waals surface area (Å²) in [5.41, 5.74) is 0.173. The number of anilines is 1. The first-order chi connectivity index (χ1) is 15.1. The van der Waals surface area contributed by atoms with Crippen LogP contribution in [0.5, 0.6) is 0 Å². The third kappa shape index (κ3) is 4.25. The van der Waals surface area contributed by atoms with Crippen LogP contribution in [0.1, 0.15) is 38.5 Å². The third-order valence-corrected chi connectivity index (χ3v) is 10.1. The lowest BCUT2D eigenvalue weighted by atomic mass is 9.94. The lowest BCUT2D eigenvalue weighted by molar-refractivity contribution is -0.122. The molecule has 2 N–H and O–H groups in total. The predicted octanol–water partition coefficient (Wildman–Crippen LogP) is 2.05. The number of hydrogen-bond donors (Lipinski definition) is 1. The molecule has 4 rings (SSSR count). The highest BCUT2D eigenvalue weighted by atomic mass is 32.2. The number of nitrogens with zero attached hydrogens (tertiary/aromatic N) is 2. The van der Waals surface area contributed by atoms with Crippen molar-refractivity contribution in [2.45, 2.75) is 59.7 Å². The molecule has 2 heterocycles. The number of imide groups is 1. The lowest BCUT2D eigenvalue weighted by Gasteiger charge is -2.35. The Morgan fingerprint density at radius 3 is 2.19 bits per heavy atom. The number of amides is 2. The van der Waals surface area contributed by atoms with Crippen LogP contribution in [-0.4, -0.2) is 45.0 Å². The molecule has 1 aliphatic heterocycles. The molecule has 2 fully saturated rings. The molecule has 2 aromatic rings. The van der Waals surface area contributed by atoms with Gasteiger partial charge in [0.1, 0.15) is 10.3 Å². The summed E-state index contributed by atoms with van der Waals surface area (Å²) in [5, 5.41) is 6.77. The van der Waals surface area contributed by atoms with Crippen molar-refractivity contribution in [3.63, 3.8) is 0 Å². The number of nitrogens with two attached hydrogens (primary N) is 1. The number of benzene rings is 1. The zero-order valence-electron chi connectivity index (χ0n) is 17.1. The van der Waals surface area contributed by atoms with Gasteiger partial charge < -0.3 is 0 Å². The van der Waals surface area contributed by atoms with E-state index in [0.29, 0.717) is 12.8 Å². The number of thiophene rings is 1. The maximum absolute atomic E-state index is 13.5. The maximum Gasteiger partial charge on any atom is 0.253 e. The highest BCUT2D eigenvalue weighted by molar-refractivity contribution is 7.91. The van der Waals surface area contributed by atoms with E-state index >= 15 is 0 Å². The van der Waals surface area contributed by atoms with Gasteiger partial charge in [0.2, 0.25) is 15.9 Å². The monoisotopic (exact) mass is 497 g/mol. The number of rotatable bonds is 6. The van der Waals surface area contributed by atoms with Gasteiger partial charge in [0.25, 0.3) is 15.9 Å². The lowest BCUT2D eigenvalue weighted by Crippen LogP contribution is -2.51. The quantitative estimate of drug-likeness (QED) is 0.607. The summed E-state index contributed by atoms with van der Waals surface area (Å²) in [6.07, 6.45) is 3.71. The van der Waals surface area contributed by atoms with E-state index in [9.17, 15) is 26.4 Å². The average molecular weight is 498 g/mol. The molecule has 0 bridgehead atoms. The van der Waals surface area contributed by atoms with E-state index in [2.05, 4.69) is 0 Å². The van der Waals surface area contributed by atoms with Gasteiger partial charge in [-0.3, -0.25) is 9.59 Å². The van der Waals surface area contributed by atoms with Crippen molar-refractivity contribution in [1.82, 2.24) is 4.31 Å². The Morgan fingerprint density at radius 1 is 0.969 bits per heavy atom. The number of sulfonamides is 2. The Balaban J connectivity index is 1.70. The second-order valence-electron chi connectivity index (χ2n) is 7.89. The Bertz CT molecular complexity index is 1220. The number of carbonyl (C=O) groups excluding carboxylic acids is 2. The van der Waals surface area contributed by atoms with Crippen molar-refractivity contribution >= 4 is 48.9 Å². The third-order valence-electron chi connectivity index (χ3n) is 5.81. The zero-order valence-corrected chi connectivity index (χ0v) is 19.5. The zero-order chi connectivity index (χ0) is 23.1. The van der Waals surface area contributed by atoms with Crippen molar-refractivity contribution < 1.29 is 26.4 Å². The molecule has 1 saturated carbocycles. The summed E-state index contributed by atoms with van der Waals surface area (Å²) in [6, 6.07) is 6.68. The van der Waals surface area contributed by atoms with Crippen molar-refractivity contribution in [1.29, 1.82) is 0 Å². The van der Waals surface area contributed by atoms with Crippen LogP contribution in [0.3, 0.4) is 0 Å². The van der Waals surface area contributed by atoms with E-state index in [4.69, 9.17) is 5.14 Å². The molecule has 172 valence electrons. The van der Waals surface area contributed by atoms with Gasteiger partial charge in [0.15, 0.2) is 0 Å². The molecule has 1 atom stereocenters. The van der Waals surface area contributed by atoms with Gasteiger partial charge in [-0.1, -0.05) is 25.3 Å². The topological polar surface area (TPSA) is 135 Å². The summed E-state index contributed by atoms with van der Waals surface area (Å²) in [7, 11) is -7.90. The Morgan fingerprint density at radius 2 is 1.62 bits per heavy atom. The fraction of sp³-hybridized carbons (Fsp3) is 0.400. The molecule has 1 aromatic carbocycles. The second-order valence-corrected chi connectivity index (χ2v) is 12.5. The molecule has 1 aliphatic carbocycles. The Hall–Kier alpha value is -2.12. The maximum atomic E-state index is 13.5. The van der Waals surface area contributed by atoms with Crippen LogP contribution in [0.15, 0.2) is 50.9 Å². The molecule has 0 radical (unpaired) electrons. The normalized spacial score (nSPS) is 20.9. The largest absolute Gasteiger partial charge is 0.274 e. The first kappa shape index (κ1) is 23.1. The minimum atomic E-state index is -3.97. The molecule has 9 nitrogen and oxygen atoms in total. The standard InChI is InChI=1S/C20H23N3O6S3/c21-31(26,27)16-10-8-14(9-11-16)22-18(24)13-17(20(22)25)23(15-5-2-1-3-6-15)32(28,29)19-7-4-12-30-19/h4,7-12,15,17H,1-3,5-6,13H2,(H2,21,26,27). The summed E-state index contributed by atoms with van der Waals surface area (Å²) in [6.45, 7) is 0. The SMILES string of the molecule is NS(=O)(=O)c1ccc(N2C(=O)CC(N(C3CCCCC3)S(=O)(=O)c3cccs3)C2=O)cc1. The van der Waals surface area contributed by atoms with E-state index < -0.39 is 37.9 Å². The molecule has 1 unspecified atom stereocenters. The molecule has 1 aromatic heterocycles. The molecule has 1 saturated heterocycles. The van der Waals surface area contributed by atoms with E-state index in [1.54, 1.807) is 11.4 Å². The summed E-state index contributed by atoms with van der Waals surface area (Å²) >= 11 is 1.08. The van der Waals surface area contributed by atoms with E-state index in [-0.39, 0.29) is 27.3 Å². The van der Waals surface area contributed by atoms with Gasteiger partial charge in [0, 0.05) is 6.04 Å². The van der Waals surface area contributed by atoms with E-state index in [1.165, 1.54) is 34.6 Å². The van der Waals surface area contributed by atoms with Crippen molar-refractivity contribution in [3.8, 4) is 0 Å². The van der Waals surface area contributed by atoms with Crippen LogP contribution >= 0.6 is 11.3 Å². The van der Waals surface area contributed by atoms with E-state index in [1.807, 2.05) is 0 Å². The van der Waals surface area contributed by atoms with Crippen molar-refractivity contribution in [2.75, 3.05) is 4.90 Å². The Kier molecular flexibility index (Phi) is 6.25. The van der Waals surface area contributed by atoms with Gasteiger partial charge >= 0.3 is 0 Å². The minimum Gasteiger partial charge on any atom is -0.274 e. The molecule has 2 amide bonds. The summed E-state index contributed by atoms with van der Waals surface area (Å²) in [4.78, 5) is 27.0. The van der Waals surface area contributed by atoms with Gasteiger partial charge in [-0.15, -0.1) is 11.3 Å². The van der Waals surface area contributed by atoms with Crippen LogP contribution in [0.4, 0.5) is 5.69 Å². The smallest absolute Gasteiger partial charge is 0.253 e. The number of primary sulfonamides is 1. The van der Waals surface area contributed by atoms with Crippen molar-refractivity contribution in [2.24, 2.45) is 5.14 Å². The molecule has 2 aliphatic rings. The molecule has 0 spiro atoms. The van der Waals surface area contributed by atoms with Crippen LogP contribution in [0.2, 0.25) is 0 Å². The van der Waals surface area contributed by atoms with Crippen LogP contribution in [0, 0.1) is 0 Å². The van der Waals surface area contributed by atoms with Crippen molar-refractivity contribution in [3.05, 3.63) is 41.8 Å². The molecule has 12 heteroatoms. The van der Waals surface area contributed by atoms with Gasteiger partial charge in [-0.05, 0) is 48.6 Å². The first-order valence-electron chi connectivity index (χ1n) is 10.2. The highest BCUT2D eigenvalue weighted by Crippen LogP contribution is 2.36. The number of hydrogen-bond acceptors (Lipinski definition) is 7. The molecular formula is C20H23N3O6S3. The molecular weight excluding hydrogens is 474 g/mol. The van der Waals surface area contributed by atoms with E-state index in [0.717, 1.165) is 35.5 Å². The summed E-state index contributed by atoms with van der Waals surface area (Å²) in [5.74, 6) is -1.17. The average Bonchev–Trinajstić information content (AvgIpc) is 3.38. The number of carbonyl (C=O) groups is 2. The fourth-order valence-corrected chi connectivity index (χ4v) is 7.78. The summed E-state index contributed by atoms with van der Waals surface area (Å²) < 4.78 is 51.4. The fourth-order valence-electron chi connectivity index (χ4n) is 4.34.